The number of likely N-dealkylation sites (N-methyl/N-ethyl adjacent to an activating group) is 1. The highest BCUT2D eigenvalue weighted by Crippen LogP contribution is 2.18. The molecule has 25 heavy (non-hydrogen) atoms. The largest absolute Gasteiger partial charge is 0.494 e. The molecular formula is C18H29IN4O2. The summed E-state index contributed by atoms with van der Waals surface area (Å²) in [4.78, 5) is 17.8. The van der Waals surface area contributed by atoms with Gasteiger partial charge in [-0.2, -0.15) is 0 Å². The summed E-state index contributed by atoms with van der Waals surface area (Å²) in [6.07, 6.45) is 0. The molecule has 0 unspecified atom stereocenters. The minimum atomic E-state index is -0.0189. The Kier molecular flexibility index (Phi) is 11.7. The molecule has 0 atom stereocenters. The zero-order valence-corrected chi connectivity index (χ0v) is 17.8. The highest BCUT2D eigenvalue weighted by molar-refractivity contribution is 14.0. The number of nitrogens with zero attached hydrogens (tertiary/aromatic N) is 2. The number of hydrogen-bond donors (Lipinski definition) is 2. The van der Waals surface area contributed by atoms with Gasteiger partial charge in [0.15, 0.2) is 5.96 Å². The van der Waals surface area contributed by atoms with Gasteiger partial charge in [-0.25, -0.2) is 4.99 Å². The van der Waals surface area contributed by atoms with E-state index in [-0.39, 0.29) is 36.4 Å². The molecule has 0 saturated heterocycles. The average Bonchev–Trinajstić information content (AvgIpc) is 2.55. The zero-order valence-electron chi connectivity index (χ0n) is 15.5. The molecule has 1 rings (SSSR count). The number of amides is 1. The van der Waals surface area contributed by atoms with Gasteiger partial charge in [-0.15, -0.1) is 24.0 Å². The quantitative estimate of drug-likeness (QED) is 0.271. The zero-order chi connectivity index (χ0) is 17.9. The van der Waals surface area contributed by atoms with Crippen molar-refractivity contribution in [3.63, 3.8) is 0 Å². The van der Waals surface area contributed by atoms with Crippen LogP contribution in [-0.4, -0.2) is 50.6 Å². The van der Waals surface area contributed by atoms with Crippen molar-refractivity contribution in [2.24, 2.45) is 4.99 Å². The Morgan fingerprint density at radius 3 is 2.48 bits per heavy atom. The molecule has 140 valence electrons. The molecule has 0 radical (unpaired) electrons. The molecule has 0 aliphatic rings. The molecule has 0 fully saturated rings. The Hall–Kier alpha value is -1.77. The van der Waals surface area contributed by atoms with Gasteiger partial charge >= 0.3 is 0 Å². The lowest BCUT2D eigenvalue weighted by Gasteiger charge is -2.15. The first-order chi connectivity index (χ1) is 11.4. The Bertz CT molecular complexity index is 588. The highest BCUT2D eigenvalue weighted by Gasteiger charge is 2.07. The standard InChI is InChI=1S/C18H28N4O2.HI/c1-6-24-16-10-8-7-9-15(16)12-20-18(19-11-14(2)3)21-13-17(23)22(4)5;/h7-10H,2,6,11-13H2,1,3-5H3,(H2,19,20,21);1H. The van der Waals surface area contributed by atoms with E-state index >= 15 is 0 Å². The third kappa shape index (κ3) is 9.33. The number of para-hydroxylation sites is 1. The average molecular weight is 460 g/mol. The van der Waals surface area contributed by atoms with Gasteiger partial charge in [-0.1, -0.05) is 30.4 Å². The van der Waals surface area contributed by atoms with E-state index in [0.717, 1.165) is 16.9 Å². The van der Waals surface area contributed by atoms with Crippen molar-refractivity contribution < 1.29 is 9.53 Å². The Balaban J connectivity index is 0.00000576. The van der Waals surface area contributed by atoms with Gasteiger partial charge in [0.25, 0.3) is 0 Å². The van der Waals surface area contributed by atoms with Crippen LogP contribution in [0.25, 0.3) is 0 Å². The van der Waals surface area contributed by atoms with E-state index in [1.165, 1.54) is 4.90 Å². The van der Waals surface area contributed by atoms with Gasteiger partial charge in [0, 0.05) is 26.2 Å². The van der Waals surface area contributed by atoms with Gasteiger partial charge in [0.1, 0.15) is 5.75 Å². The molecule has 0 bridgehead atoms. The molecule has 2 N–H and O–H groups in total. The number of aliphatic imine (C=N–C) groups is 1. The van der Waals surface area contributed by atoms with E-state index in [9.17, 15) is 4.79 Å². The van der Waals surface area contributed by atoms with Crippen molar-refractivity contribution >= 4 is 35.8 Å². The smallest absolute Gasteiger partial charge is 0.241 e. The third-order valence-corrected chi connectivity index (χ3v) is 3.14. The van der Waals surface area contributed by atoms with Crippen LogP contribution < -0.4 is 15.4 Å². The molecule has 7 heteroatoms. The van der Waals surface area contributed by atoms with Gasteiger partial charge in [0.2, 0.25) is 5.91 Å². The Labute approximate surface area is 167 Å². The van der Waals surface area contributed by atoms with E-state index in [2.05, 4.69) is 22.2 Å². The van der Waals surface area contributed by atoms with Crippen LogP contribution >= 0.6 is 24.0 Å². The minimum absolute atomic E-state index is 0. The number of benzene rings is 1. The normalized spacial score (nSPS) is 10.5. The van der Waals surface area contributed by atoms with Crippen molar-refractivity contribution in [2.45, 2.75) is 20.4 Å². The van der Waals surface area contributed by atoms with Crippen molar-refractivity contribution in [2.75, 3.05) is 33.8 Å². The number of guanidine groups is 1. The first kappa shape index (κ1) is 23.2. The van der Waals surface area contributed by atoms with E-state index in [1.54, 1.807) is 14.1 Å². The maximum atomic E-state index is 11.7. The number of rotatable bonds is 8. The highest BCUT2D eigenvalue weighted by atomic mass is 127. The van der Waals surface area contributed by atoms with Gasteiger partial charge < -0.3 is 20.3 Å². The molecule has 0 aromatic heterocycles. The lowest BCUT2D eigenvalue weighted by molar-refractivity contribution is -0.127. The monoisotopic (exact) mass is 460 g/mol. The second-order valence-electron chi connectivity index (χ2n) is 5.66. The number of carbonyl (C=O) groups excluding carboxylic acids is 1. The first-order valence-electron chi connectivity index (χ1n) is 8.01. The molecule has 0 spiro atoms. The molecule has 6 nitrogen and oxygen atoms in total. The first-order valence-corrected chi connectivity index (χ1v) is 8.01. The molecule has 1 amide bonds. The Morgan fingerprint density at radius 2 is 1.88 bits per heavy atom. The predicted molar refractivity (Wildman–Crippen MR) is 114 cm³/mol. The number of carbonyl (C=O) groups is 1. The summed E-state index contributed by atoms with van der Waals surface area (Å²) in [6.45, 7) is 9.59. The van der Waals surface area contributed by atoms with E-state index in [4.69, 9.17) is 4.74 Å². The van der Waals surface area contributed by atoms with Crippen LogP contribution in [0.3, 0.4) is 0 Å². The predicted octanol–water partition coefficient (Wildman–Crippen LogP) is 2.40. The fourth-order valence-corrected chi connectivity index (χ4v) is 1.82. The summed E-state index contributed by atoms with van der Waals surface area (Å²) in [5.41, 5.74) is 1.98. The fourth-order valence-electron chi connectivity index (χ4n) is 1.82. The number of nitrogens with one attached hydrogen (secondary N) is 2. The number of halogens is 1. The van der Waals surface area contributed by atoms with Crippen LogP contribution in [0.5, 0.6) is 5.75 Å². The van der Waals surface area contributed by atoms with Gasteiger partial charge in [0.05, 0.1) is 19.7 Å². The summed E-state index contributed by atoms with van der Waals surface area (Å²) in [5.74, 6) is 1.38. The van der Waals surface area contributed by atoms with Crippen molar-refractivity contribution in [3.8, 4) is 5.75 Å². The third-order valence-electron chi connectivity index (χ3n) is 3.14. The maximum absolute atomic E-state index is 11.7. The second-order valence-corrected chi connectivity index (χ2v) is 5.66. The molecule has 1 aromatic carbocycles. The minimum Gasteiger partial charge on any atom is -0.494 e. The van der Waals surface area contributed by atoms with Crippen molar-refractivity contribution in [1.29, 1.82) is 0 Å². The fraction of sp³-hybridized carbons (Fsp3) is 0.444. The topological polar surface area (TPSA) is 66.0 Å². The van der Waals surface area contributed by atoms with Crippen LogP contribution in [-0.2, 0) is 11.3 Å². The van der Waals surface area contributed by atoms with Crippen LogP contribution in [0, 0.1) is 0 Å². The van der Waals surface area contributed by atoms with Crippen LogP contribution in [0.4, 0.5) is 0 Å². The van der Waals surface area contributed by atoms with Crippen molar-refractivity contribution in [1.82, 2.24) is 15.5 Å². The molecule has 0 heterocycles. The lowest BCUT2D eigenvalue weighted by atomic mass is 10.2. The van der Waals surface area contributed by atoms with E-state index in [0.29, 0.717) is 25.7 Å². The molecule has 0 aliphatic carbocycles. The molecule has 0 aliphatic heterocycles. The van der Waals surface area contributed by atoms with Gasteiger partial charge in [-0.3, -0.25) is 4.79 Å². The SMILES string of the molecule is C=C(C)CNC(=NCc1ccccc1OCC)NCC(=O)N(C)C.I. The van der Waals surface area contributed by atoms with E-state index < -0.39 is 0 Å². The summed E-state index contributed by atoms with van der Waals surface area (Å²) < 4.78 is 5.61. The van der Waals surface area contributed by atoms with Crippen LogP contribution in [0.15, 0.2) is 41.4 Å². The summed E-state index contributed by atoms with van der Waals surface area (Å²) in [6, 6.07) is 7.80. The lowest BCUT2D eigenvalue weighted by Crippen LogP contribution is -2.43. The van der Waals surface area contributed by atoms with Crippen LogP contribution in [0.2, 0.25) is 0 Å². The molecule has 0 saturated carbocycles. The van der Waals surface area contributed by atoms with Crippen molar-refractivity contribution in [3.05, 3.63) is 42.0 Å². The second kappa shape index (κ2) is 12.6. The number of ether oxygens (including phenoxy) is 1. The van der Waals surface area contributed by atoms with E-state index in [1.807, 2.05) is 38.1 Å². The summed E-state index contributed by atoms with van der Waals surface area (Å²) in [7, 11) is 3.45. The van der Waals surface area contributed by atoms with Gasteiger partial charge in [-0.05, 0) is 19.9 Å². The number of hydrogen-bond acceptors (Lipinski definition) is 3. The molecule has 1 aromatic rings. The maximum Gasteiger partial charge on any atom is 0.241 e. The Morgan fingerprint density at radius 1 is 1.24 bits per heavy atom. The summed E-state index contributed by atoms with van der Waals surface area (Å²) >= 11 is 0. The molecular weight excluding hydrogens is 431 g/mol. The summed E-state index contributed by atoms with van der Waals surface area (Å²) in [5, 5.41) is 6.21. The van der Waals surface area contributed by atoms with Crippen LogP contribution in [0.1, 0.15) is 19.4 Å².